The normalized spacial score (nSPS) is 10.7. The third kappa shape index (κ3) is 1.29. The highest BCUT2D eigenvalue weighted by Crippen LogP contribution is 2.18. The molecule has 2 rings (SSSR count). The standard InChI is InChI=1S/C9H7BrN2O2/c1-5-8(9(13)14)7-3-2-6(10)4-12(7)11-5/h2-4H,1H3,(H,13,14). The number of pyridine rings is 1. The van der Waals surface area contributed by atoms with E-state index in [4.69, 9.17) is 5.11 Å². The molecule has 0 saturated heterocycles. The van der Waals surface area contributed by atoms with Crippen LogP contribution in [0.3, 0.4) is 0 Å². The first-order valence-electron chi connectivity index (χ1n) is 3.97. The molecule has 2 heterocycles. The zero-order valence-electron chi connectivity index (χ0n) is 7.36. The number of aryl methyl sites for hydroxylation is 1. The number of aromatic carboxylic acids is 1. The Morgan fingerprint density at radius 1 is 1.57 bits per heavy atom. The minimum atomic E-state index is -0.945. The lowest BCUT2D eigenvalue weighted by Gasteiger charge is -1.94. The Morgan fingerprint density at radius 2 is 2.29 bits per heavy atom. The summed E-state index contributed by atoms with van der Waals surface area (Å²) >= 11 is 3.29. The van der Waals surface area contributed by atoms with E-state index in [-0.39, 0.29) is 5.56 Å². The average Bonchev–Trinajstić information content (AvgIpc) is 2.39. The van der Waals surface area contributed by atoms with E-state index in [1.54, 1.807) is 29.8 Å². The number of carboxylic acid groups (broad SMARTS) is 1. The first-order chi connectivity index (χ1) is 6.59. The van der Waals surface area contributed by atoms with Crippen molar-refractivity contribution in [1.82, 2.24) is 9.61 Å². The number of halogens is 1. The zero-order chi connectivity index (χ0) is 10.3. The number of fused-ring (bicyclic) bond motifs is 1. The van der Waals surface area contributed by atoms with Crippen molar-refractivity contribution in [2.24, 2.45) is 0 Å². The van der Waals surface area contributed by atoms with Crippen molar-refractivity contribution in [1.29, 1.82) is 0 Å². The molecule has 0 aliphatic carbocycles. The van der Waals surface area contributed by atoms with Crippen LogP contribution in [0.1, 0.15) is 16.1 Å². The topological polar surface area (TPSA) is 54.6 Å². The van der Waals surface area contributed by atoms with Gasteiger partial charge >= 0.3 is 5.97 Å². The molecule has 5 heteroatoms. The predicted molar refractivity (Wildman–Crippen MR) is 54.6 cm³/mol. The Balaban J connectivity index is 2.84. The van der Waals surface area contributed by atoms with Gasteiger partial charge in [0.15, 0.2) is 0 Å². The summed E-state index contributed by atoms with van der Waals surface area (Å²) in [5, 5.41) is 13.1. The van der Waals surface area contributed by atoms with Crippen molar-refractivity contribution in [3.63, 3.8) is 0 Å². The minimum absolute atomic E-state index is 0.262. The van der Waals surface area contributed by atoms with Crippen molar-refractivity contribution >= 4 is 27.4 Å². The number of hydrogen-bond donors (Lipinski definition) is 1. The van der Waals surface area contributed by atoms with Crippen LogP contribution in [-0.4, -0.2) is 20.7 Å². The van der Waals surface area contributed by atoms with Gasteiger partial charge in [-0.25, -0.2) is 9.31 Å². The van der Waals surface area contributed by atoms with Crippen LogP contribution in [0.25, 0.3) is 5.52 Å². The molecule has 0 saturated carbocycles. The number of carboxylic acids is 1. The summed E-state index contributed by atoms with van der Waals surface area (Å²) < 4.78 is 2.42. The molecular formula is C9H7BrN2O2. The molecule has 0 bridgehead atoms. The van der Waals surface area contributed by atoms with Gasteiger partial charge in [-0.05, 0) is 35.0 Å². The minimum Gasteiger partial charge on any atom is -0.478 e. The Kier molecular flexibility index (Phi) is 2.03. The maximum absolute atomic E-state index is 10.9. The Bertz CT molecular complexity index is 519. The third-order valence-corrected chi connectivity index (χ3v) is 2.45. The second kappa shape index (κ2) is 3.09. The largest absolute Gasteiger partial charge is 0.478 e. The lowest BCUT2D eigenvalue weighted by atomic mass is 10.2. The Labute approximate surface area is 88.3 Å². The highest BCUT2D eigenvalue weighted by atomic mass is 79.9. The van der Waals surface area contributed by atoms with E-state index < -0.39 is 5.97 Å². The maximum atomic E-state index is 10.9. The third-order valence-electron chi connectivity index (χ3n) is 1.98. The maximum Gasteiger partial charge on any atom is 0.339 e. The molecule has 0 fully saturated rings. The van der Waals surface area contributed by atoms with Crippen LogP contribution in [0.2, 0.25) is 0 Å². The van der Waals surface area contributed by atoms with Crippen LogP contribution in [0, 0.1) is 6.92 Å². The van der Waals surface area contributed by atoms with E-state index >= 15 is 0 Å². The number of nitrogens with zero attached hydrogens (tertiary/aromatic N) is 2. The predicted octanol–water partition coefficient (Wildman–Crippen LogP) is 2.10. The van der Waals surface area contributed by atoms with Gasteiger partial charge in [-0.2, -0.15) is 5.10 Å². The first-order valence-corrected chi connectivity index (χ1v) is 4.76. The molecule has 2 aromatic rings. The molecule has 0 unspecified atom stereocenters. The lowest BCUT2D eigenvalue weighted by Crippen LogP contribution is -1.97. The van der Waals surface area contributed by atoms with Gasteiger partial charge in [0.05, 0.1) is 11.2 Å². The van der Waals surface area contributed by atoms with Gasteiger partial charge in [0.1, 0.15) is 5.56 Å². The first kappa shape index (κ1) is 9.21. The lowest BCUT2D eigenvalue weighted by molar-refractivity contribution is 0.0698. The van der Waals surface area contributed by atoms with Crippen molar-refractivity contribution in [3.05, 3.63) is 34.1 Å². The fourth-order valence-corrected chi connectivity index (χ4v) is 1.73. The van der Waals surface area contributed by atoms with Crippen LogP contribution in [0.4, 0.5) is 0 Å². The van der Waals surface area contributed by atoms with Crippen LogP contribution in [-0.2, 0) is 0 Å². The van der Waals surface area contributed by atoms with Gasteiger partial charge in [0.2, 0.25) is 0 Å². The highest BCUT2D eigenvalue weighted by Gasteiger charge is 2.15. The fraction of sp³-hybridized carbons (Fsp3) is 0.111. The molecule has 2 aromatic heterocycles. The summed E-state index contributed by atoms with van der Waals surface area (Å²) in [6.07, 6.45) is 1.73. The number of rotatable bonds is 1. The average molecular weight is 255 g/mol. The van der Waals surface area contributed by atoms with E-state index in [0.29, 0.717) is 11.2 Å². The zero-order valence-corrected chi connectivity index (χ0v) is 8.95. The Hall–Kier alpha value is -1.36. The summed E-state index contributed by atoms with van der Waals surface area (Å²) in [6, 6.07) is 3.52. The molecule has 14 heavy (non-hydrogen) atoms. The molecule has 0 spiro atoms. The molecule has 1 N–H and O–H groups in total. The Morgan fingerprint density at radius 3 is 2.93 bits per heavy atom. The van der Waals surface area contributed by atoms with Gasteiger partial charge in [-0.1, -0.05) is 0 Å². The van der Waals surface area contributed by atoms with Crippen molar-refractivity contribution in [3.8, 4) is 0 Å². The summed E-state index contributed by atoms with van der Waals surface area (Å²) in [7, 11) is 0. The second-order valence-electron chi connectivity index (χ2n) is 2.94. The van der Waals surface area contributed by atoms with Gasteiger partial charge in [0.25, 0.3) is 0 Å². The molecular weight excluding hydrogens is 248 g/mol. The van der Waals surface area contributed by atoms with Crippen molar-refractivity contribution in [2.75, 3.05) is 0 Å². The van der Waals surface area contributed by atoms with E-state index in [1.165, 1.54) is 0 Å². The second-order valence-corrected chi connectivity index (χ2v) is 3.86. The molecule has 0 aliphatic heterocycles. The van der Waals surface area contributed by atoms with E-state index in [9.17, 15) is 4.79 Å². The van der Waals surface area contributed by atoms with Gasteiger partial charge < -0.3 is 5.11 Å². The van der Waals surface area contributed by atoms with Gasteiger partial charge in [-0.15, -0.1) is 0 Å². The number of carbonyl (C=O) groups is 1. The van der Waals surface area contributed by atoms with E-state index in [2.05, 4.69) is 21.0 Å². The molecule has 72 valence electrons. The molecule has 0 aliphatic rings. The van der Waals surface area contributed by atoms with Crippen LogP contribution >= 0.6 is 15.9 Å². The van der Waals surface area contributed by atoms with Crippen LogP contribution < -0.4 is 0 Å². The SMILES string of the molecule is Cc1nn2cc(Br)ccc2c1C(=O)O. The van der Waals surface area contributed by atoms with Crippen LogP contribution in [0.5, 0.6) is 0 Å². The van der Waals surface area contributed by atoms with Gasteiger partial charge in [-0.3, -0.25) is 0 Å². The molecule has 0 radical (unpaired) electrons. The monoisotopic (exact) mass is 254 g/mol. The summed E-state index contributed by atoms with van der Waals surface area (Å²) in [6.45, 7) is 1.68. The van der Waals surface area contributed by atoms with Crippen molar-refractivity contribution in [2.45, 2.75) is 6.92 Å². The van der Waals surface area contributed by atoms with Crippen molar-refractivity contribution < 1.29 is 9.90 Å². The summed E-state index contributed by atoms with van der Waals surface area (Å²) in [5.74, 6) is -0.945. The van der Waals surface area contributed by atoms with E-state index in [0.717, 1.165) is 4.47 Å². The smallest absolute Gasteiger partial charge is 0.339 e. The van der Waals surface area contributed by atoms with Gasteiger partial charge in [0, 0.05) is 10.7 Å². The number of aromatic nitrogens is 2. The molecule has 0 atom stereocenters. The summed E-state index contributed by atoms with van der Waals surface area (Å²) in [5.41, 5.74) is 1.39. The fourth-order valence-electron chi connectivity index (χ4n) is 1.41. The molecule has 0 amide bonds. The summed E-state index contributed by atoms with van der Waals surface area (Å²) in [4.78, 5) is 10.9. The van der Waals surface area contributed by atoms with E-state index in [1.807, 2.05) is 0 Å². The van der Waals surface area contributed by atoms with Crippen LogP contribution in [0.15, 0.2) is 22.8 Å². The number of hydrogen-bond acceptors (Lipinski definition) is 2. The molecule has 0 aromatic carbocycles. The molecule has 4 nitrogen and oxygen atoms in total. The quantitative estimate of drug-likeness (QED) is 0.848. The highest BCUT2D eigenvalue weighted by molar-refractivity contribution is 9.10.